The highest BCUT2D eigenvalue weighted by Crippen LogP contribution is 2.10. The van der Waals surface area contributed by atoms with E-state index in [1.165, 1.54) is 11.3 Å². The summed E-state index contributed by atoms with van der Waals surface area (Å²) in [5, 5.41) is 6.83. The number of hydrogen-bond acceptors (Lipinski definition) is 2. The smallest absolute Gasteiger partial charge is 0.0340 e. The topological polar surface area (TPSA) is 24.1 Å². The van der Waals surface area contributed by atoms with Crippen LogP contribution in [0.3, 0.4) is 0 Å². The van der Waals surface area contributed by atoms with Crippen LogP contribution in [0.5, 0.6) is 0 Å². The molecule has 0 aliphatic rings. The summed E-state index contributed by atoms with van der Waals surface area (Å²) in [4.78, 5) is 0. The lowest BCUT2D eigenvalue weighted by molar-refractivity contribution is 0.589. The van der Waals surface area contributed by atoms with E-state index < -0.39 is 0 Å². The molecule has 0 fully saturated rings. The Kier molecular flexibility index (Phi) is 5.33. The highest BCUT2D eigenvalue weighted by Gasteiger charge is 1.97. The first kappa shape index (κ1) is 13.0. The zero-order valence-electron chi connectivity index (χ0n) is 10.9. The van der Waals surface area contributed by atoms with Gasteiger partial charge < -0.3 is 10.6 Å². The highest BCUT2D eigenvalue weighted by molar-refractivity contribution is 5.44. The van der Waals surface area contributed by atoms with Gasteiger partial charge >= 0.3 is 0 Å². The molecule has 0 saturated carbocycles. The quantitative estimate of drug-likeness (QED) is 0.769. The van der Waals surface area contributed by atoms with Gasteiger partial charge in [0.25, 0.3) is 0 Å². The van der Waals surface area contributed by atoms with Crippen molar-refractivity contribution in [2.24, 2.45) is 5.92 Å². The van der Waals surface area contributed by atoms with Crippen LogP contribution in [0.15, 0.2) is 24.3 Å². The van der Waals surface area contributed by atoms with E-state index in [0.29, 0.717) is 12.0 Å². The van der Waals surface area contributed by atoms with Crippen molar-refractivity contribution in [3.63, 3.8) is 0 Å². The second-order valence-corrected chi connectivity index (χ2v) is 5.01. The van der Waals surface area contributed by atoms with Gasteiger partial charge in [-0.25, -0.2) is 0 Å². The number of anilines is 1. The number of hydrogen-bond donors (Lipinski definition) is 2. The largest absolute Gasteiger partial charge is 0.385 e. The van der Waals surface area contributed by atoms with Crippen molar-refractivity contribution < 1.29 is 0 Å². The van der Waals surface area contributed by atoms with E-state index in [-0.39, 0.29) is 0 Å². The normalized spacial score (nSPS) is 11.1. The lowest BCUT2D eigenvalue weighted by atomic mass is 10.2. The van der Waals surface area contributed by atoms with Crippen LogP contribution in [-0.4, -0.2) is 12.6 Å². The Morgan fingerprint density at radius 1 is 1.00 bits per heavy atom. The van der Waals surface area contributed by atoms with Gasteiger partial charge in [-0.15, -0.1) is 0 Å². The zero-order chi connectivity index (χ0) is 12.0. The lowest BCUT2D eigenvalue weighted by Gasteiger charge is -2.11. The van der Waals surface area contributed by atoms with Crippen LogP contribution < -0.4 is 10.6 Å². The molecule has 0 aliphatic heterocycles. The Hall–Kier alpha value is -1.02. The van der Waals surface area contributed by atoms with Crippen LogP contribution in [-0.2, 0) is 6.54 Å². The maximum Gasteiger partial charge on any atom is 0.0340 e. The average Bonchev–Trinajstić information content (AvgIpc) is 2.25. The lowest BCUT2D eigenvalue weighted by Crippen LogP contribution is -2.21. The van der Waals surface area contributed by atoms with Crippen molar-refractivity contribution in [1.29, 1.82) is 0 Å². The molecule has 90 valence electrons. The Morgan fingerprint density at radius 2 is 1.62 bits per heavy atom. The van der Waals surface area contributed by atoms with Crippen LogP contribution in [0.1, 0.15) is 33.3 Å². The first-order valence-corrected chi connectivity index (χ1v) is 6.14. The molecule has 1 rings (SSSR count). The maximum absolute atomic E-state index is 3.42. The van der Waals surface area contributed by atoms with Crippen LogP contribution in [0.4, 0.5) is 5.69 Å². The van der Waals surface area contributed by atoms with Crippen molar-refractivity contribution >= 4 is 5.69 Å². The Bertz CT molecular complexity index is 257. The number of rotatable bonds is 6. The predicted octanol–water partition coefficient (Wildman–Crippen LogP) is 3.25. The standard InChI is InChI=1S/C14H24N2/c1-11(2)9-16-14-7-5-13(6-8-14)10-15-12(3)4/h5-8,11-12,15-16H,9-10H2,1-4H3. The van der Waals surface area contributed by atoms with Gasteiger partial charge in [-0.05, 0) is 23.6 Å². The van der Waals surface area contributed by atoms with Crippen LogP contribution >= 0.6 is 0 Å². The molecule has 0 amide bonds. The second kappa shape index (κ2) is 6.54. The van der Waals surface area contributed by atoms with E-state index >= 15 is 0 Å². The maximum atomic E-state index is 3.42. The number of nitrogens with one attached hydrogen (secondary N) is 2. The van der Waals surface area contributed by atoms with Gasteiger partial charge in [0.15, 0.2) is 0 Å². The fourth-order valence-electron chi connectivity index (χ4n) is 1.38. The van der Waals surface area contributed by atoms with Gasteiger partial charge in [-0.1, -0.05) is 39.8 Å². The predicted molar refractivity (Wildman–Crippen MR) is 71.7 cm³/mol. The SMILES string of the molecule is CC(C)CNc1ccc(CNC(C)C)cc1. The van der Waals surface area contributed by atoms with Crippen LogP contribution in [0.25, 0.3) is 0 Å². The molecule has 0 atom stereocenters. The Morgan fingerprint density at radius 3 is 2.12 bits per heavy atom. The minimum absolute atomic E-state index is 0.541. The summed E-state index contributed by atoms with van der Waals surface area (Å²) in [7, 11) is 0. The summed E-state index contributed by atoms with van der Waals surface area (Å²) in [6, 6.07) is 9.20. The molecule has 1 aromatic rings. The minimum atomic E-state index is 0.541. The summed E-state index contributed by atoms with van der Waals surface area (Å²) >= 11 is 0. The highest BCUT2D eigenvalue weighted by atomic mass is 14.9. The molecule has 0 bridgehead atoms. The minimum Gasteiger partial charge on any atom is -0.385 e. The first-order chi connectivity index (χ1) is 7.58. The molecule has 16 heavy (non-hydrogen) atoms. The molecule has 0 spiro atoms. The van der Waals surface area contributed by atoms with E-state index in [4.69, 9.17) is 0 Å². The van der Waals surface area contributed by atoms with Gasteiger partial charge in [-0.2, -0.15) is 0 Å². The Balaban J connectivity index is 2.41. The third-order valence-corrected chi connectivity index (χ3v) is 2.38. The van der Waals surface area contributed by atoms with Crippen LogP contribution in [0.2, 0.25) is 0 Å². The van der Waals surface area contributed by atoms with E-state index in [1.807, 2.05) is 0 Å². The third-order valence-electron chi connectivity index (χ3n) is 2.38. The summed E-state index contributed by atoms with van der Waals surface area (Å²) in [5.41, 5.74) is 2.55. The molecular weight excluding hydrogens is 196 g/mol. The molecule has 0 aromatic heterocycles. The average molecular weight is 220 g/mol. The molecule has 0 unspecified atom stereocenters. The van der Waals surface area contributed by atoms with Gasteiger partial charge in [-0.3, -0.25) is 0 Å². The van der Waals surface area contributed by atoms with Crippen molar-refractivity contribution in [2.45, 2.75) is 40.3 Å². The van der Waals surface area contributed by atoms with Crippen molar-refractivity contribution in [2.75, 3.05) is 11.9 Å². The molecule has 2 N–H and O–H groups in total. The van der Waals surface area contributed by atoms with E-state index in [0.717, 1.165) is 13.1 Å². The first-order valence-electron chi connectivity index (χ1n) is 6.14. The Labute approximate surface area is 99.5 Å². The fraction of sp³-hybridized carbons (Fsp3) is 0.571. The molecule has 0 aliphatic carbocycles. The van der Waals surface area contributed by atoms with Crippen LogP contribution in [0, 0.1) is 5.92 Å². The van der Waals surface area contributed by atoms with Gasteiger partial charge in [0.1, 0.15) is 0 Å². The molecule has 0 heterocycles. The van der Waals surface area contributed by atoms with Gasteiger partial charge in [0.05, 0.1) is 0 Å². The van der Waals surface area contributed by atoms with E-state index in [2.05, 4.69) is 62.6 Å². The molecule has 0 radical (unpaired) electrons. The number of benzene rings is 1. The summed E-state index contributed by atoms with van der Waals surface area (Å²) in [6.45, 7) is 10.7. The fourth-order valence-corrected chi connectivity index (χ4v) is 1.38. The monoisotopic (exact) mass is 220 g/mol. The van der Waals surface area contributed by atoms with Crippen molar-refractivity contribution in [3.8, 4) is 0 Å². The summed E-state index contributed by atoms with van der Waals surface area (Å²) in [5.74, 6) is 0.683. The van der Waals surface area contributed by atoms with E-state index in [1.54, 1.807) is 0 Å². The van der Waals surface area contributed by atoms with Crippen molar-refractivity contribution in [3.05, 3.63) is 29.8 Å². The third kappa shape index (κ3) is 5.17. The molecular formula is C14H24N2. The van der Waals surface area contributed by atoms with Gasteiger partial charge in [0.2, 0.25) is 0 Å². The van der Waals surface area contributed by atoms with E-state index in [9.17, 15) is 0 Å². The van der Waals surface area contributed by atoms with Crippen molar-refractivity contribution in [1.82, 2.24) is 5.32 Å². The molecule has 1 aromatic carbocycles. The van der Waals surface area contributed by atoms with Gasteiger partial charge in [0, 0.05) is 24.8 Å². The molecule has 2 heteroatoms. The summed E-state index contributed by atoms with van der Waals surface area (Å²) < 4.78 is 0. The zero-order valence-corrected chi connectivity index (χ0v) is 10.9. The molecule has 2 nitrogen and oxygen atoms in total. The molecule has 0 saturated heterocycles. The summed E-state index contributed by atoms with van der Waals surface area (Å²) in [6.07, 6.45) is 0. The second-order valence-electron chi connectivity index (χ2n) is 5.01.